The molecule has 4 heteroatoms. The Balaban J connectivity index is 1.59. The average molecular weight is 311 g/mol. The Labute approximate surface area is 133 Å². The van der Waals surface area contributed by atoms with Crippen molar-refractivity contribution in [2.45, 2.75) is 19.3 Å². The summed E-state index contributed by atoms with van der Waals surface area (Å²) in [7, 11) is 4.31. The molecule has 3 nitrogen and oxygen atoms in total. The number of hydrogen-bond donors (Lipinski definition) is 0. The van der Waals surface area contributed by atoms with Crippen molar-refractivity contribution >= 4 is 11.6 Å². The van der Waals surface area contributed by atoms with E-state index < -0.39 is 0 Å². The SMILES string of the molecule is CN(C)CCC1CCN(CCOc2ccc(Cl)cc2)CC1. The van der Waals surface area contributed by atoms with Crippen LogP contribution in [0.3, 0.4) is 0 Å². The van der Waals surface area contributed by atoms with Gasteiger partial charge in [-0.05, 0) is 83.2 Å². The zero-order valence-electron chi connectivity index (χ0n) is 13.2. The summed E-state index contributed by atoms with van der Waals surface area (Å²) in [6.07, 6.45) is 3.99. The Morgan fingerprint density at radius 3 is 2.48 bits per heavy atom. The summed E-state index contributed by atoms with van der Waals surface area (Å²) in [4.78, 5) is 4.80. The molecule has 118 valence electrons. The van der Waals surface area contributed by atoms with Gasteiger partial charge in [0.1, 0.15) is 12.4 Å². The highest BCUT2D eigenvalue weighted by Crippen LogP contribution is 2.20. The number of nitrogens with zero attached hydrogens (tertiary/aromatic N) is 2. The average Bonchev–Trinajstić information content (AvgIpc) is 2.48. The minimum atomic E-state index is 0.752. The lowest BCUT2D eigenvalue weighted by molar-refractivity contribution is 0.147. The lowest BCUT2D eigenvalue weighted by atomic mass is 9.93. The van der Waals surface area contributed by atoms with E-state index in [9.17, 15) is 0 Å². The third-order valence-corrected chi connectivity index (χ3v) is 4.43. The molecule has 0 aromatic heterocycles. The fourth-order valence-electron chi connectivity index (χ4n) is 2.76. The molecule has 1 aromatic carbocycles. The summed E-state index contributed by atoms with van der Waals surface area (Å²) in [6.45, 7) is 5.40. The maximum atomic E-state index is 5.86. The van der Waals surface area contributed by atoms with Gasteiger partial charge in [0, 0.05) is 11.6 Å². The van der Waals surface area contributed by atoms with Crippen LogP contribution in [-0.2, 0) is 0 Å². The minimum Gasteiger partial charge on any atom is -0.492 e. The van der Waals surface area contributed by atoms with E-state index in [1.165, 1.54) is 38.9 Å². The first-order chi connectivity index (χ1) is 10.1. The van der Waals surface area contributed by atoms with Crippen LogP contribution in [0.25, 0.3) is 0 Å². The van der Waals surface area contributed by atoms with E-state index in [-0.39, 0.29) is 0 Å². The molecule has 1 heterocycles. The van der Waals surface area contributed by atoms with Crippen molar-refractivity contribution < 1.29 is 4.74 Å². The van der Waals surface area contributed by atoms with Crippen molar-refractivity contribution in [3.63, 3.8) is 0 Å². The summed E-state index contributed by atoms with van der Waals surface area (Å²) in [5, 5.41) is 0.752. The van der Waals surface area contributed by atoms with Crippen LogP contribution in [0.1, 0.15) is 19.3 Å². The summed E-state index contributed by atoms with van der Waals surface area (Å²) < 4.78 is 5.76. The molecule has 0 bridgehead atoms. The maximum Gasteiger partial charge on any atom is 0.119 e. The van der Waals surface area contributed by atoms with Gasteiger partial charge in [-0.15, -0.1) is 0 Å². The zero-order valence-corrected chi connectivity index (χ0v) is 14.0. The number of ether oxygens (including phenoxy) is 1. The number of rotatable bonds is 7. The second kappa shape index (κ2) is 8.62. The summed E-state index contributed by atoms with van der Waals surface area (Å²) in [5.74, 6) is 1.81. The second-order valence-electron chi connectivity index (χ2n) is 6.18. The third-order valence-electron chi connectivity index (χ3n) is 4.18. The number of benzene rings is 1. The summed E-state index contributed by atoms with van der Waals surface area (Å²) in [5.41, 5.74) is 0. The monoisotopic (exact) mass is 310 g/mol. The van der Waals surface area contributed by atoms with Crippen LogP contribution in [0.5, 0.6) is 5.75 Å². The van der Waals surface area contributed by atoms with E-state index in [0.717, 1.165) is 29.8 Å². The first kappa shape index (κ1) is 16.6. The molecular weight excluding hydrogens is 284 g/mol. The van der Waals surface area contributed by atoms with Crippen molar-refractivity contribution in [2.75, 3.05) is 46.9 Å². The first-order valence-electron chi connectivity index (χ1n) is 7.89. The van der Waals surface area contributed by atoms with Gasteiger partial charge in [0.2, 0.25) is 0 Å². The van der Waals surface area contributed by atoms with Gasteiger partial charge < -0.3 is 9.64 Å². The van der Waals surface area contributed by atoms with Gasteiger partial charge in [-0.2, -0.15) is 0 Å². The van der Waals surface area contributed by atoms with E-state index in [4.69, 9.17) is 16.3 Å². The van der Waals surface area contributed by atoms with Crippen LogP contribution in [0.15, 0.2) is 24.3 Å². The molecule has 1 aliphatic heterocycles. The lowest BCUT2D eigenvalue weighted by Crippen LogP contribution is -2.37. The van der Waals surface area contributed by atoms with E-state index in [0.29, 0.717) is 0 Å². The smallest absolute Gasteiger partial charge is 0.119 e. The molecule has 0 unspecified atom stereocenters. The molecule has 2 rings (SSSR count). The van der Waals surface area contributed by atoms with Crippen LogP contribution in [0.4, 0.5) is 0 Å². The molecule has 1 fully saturated rings. The largest absolute Gasteiger partial charge is 0.492 e. The van der Waals surface area contributed by atoms with Crippen molar-refractivity contribution in [3.05, 3.63) is 29.3 Å². The van der Waals surface area contributed by atoms with Gasteiger partial charge in [-0.3, -0.25) is 4.90 Å². The predicted molar refractivity (Wildman–Crippen MR) is 89.3 cm³/mol. The number of piperidine rings is 1. The zero-order chi connectivity index (χ0) is 15.1. The molecular formula is C17H27ClN2O. The van der Waals surface area contributed by atoms with Crippen molar-refractivity contribution in [2.24, 2.45) is 5.92 Å². The molecule has 1 aliphatic rings. The Morgan fingerprint density at radius 2 is 1.86 bits per heavy atom. The van der Waals surface area contributed by atoms with Crippen LogP contribution in [0, 0.1) is 5.92 Å². The van der Waals surface area contributed by atoms with Gasteiger partial charge in [-0.1, -0.05) is 11.6 Å². The highest BCUT2D eigenvalue weighted by atomic mass is 35.5. The van der Waals surface area contributed by atoms with E-state index >= 15 is 0 Å². The standard InChI is InChI=1S/C17H27ClN2O/c1-19(2)10-7-15-8-11-20(12-9-15)13-14-21-17-5-3-16(18)4-6-17/h3-6,15H,7-14H2,1-2H3. The molecule has 1 aromatic rings. The van der Waals surface area contributed by atoms with E-state index in [1.807, 2.05) is 24.3 Å². The fourth-order valence-corrected chi connectivity index (χ4v) is 2.89. The molecule has 0 aliphatic carbocycles. The lowest BCUT2D eigenvalue weighted by Gasteiger charge is -2.32. The molecule has 0 spiro atoms. The van der Waals surface area contributed by atoms with Gasteiger partial charge >= 0.3 is 0 Å². The second-order valence-corrected chi connectivity index (χ2v) is 6.62. The maximum absolute atomic E-state index is 5.86. The summed E-state index contributed by atoms with van der Waals surface area (Å²) in [6, 6.07) is 7.59. The van der Waals surface area contributed by atoms with Crippen molar-refractivity contribution in [1.82, 2.24) is 9.80 Å². The van der Waals surface area contributed by atoms with E-state index in [2.05, 4.69) is 23.9 Å². The van der Waals surface area contributed by atoms with Crippen LogP contribution in [-0.4, -0.2) is 56.7 Å². The van der Waals surface area contributed by atoms with E-state index in [1.54, 1.807) is 0 Å². The highest BCUT2D eigenvalue weighted by Gasteiger charge is 2.18. The Morgan fingerprint density at radius 1 is 1.19 bits per heavy atom. The van der Waals surface area contributed by atoms with Gasteiger partial charge in [0.15, 0.2) is 0 Å². The summed E-state index contributed by atoms with van der Waals surface area (Å²) >= 11 is 5.86. The Kier molecular flexibility index (Phi) is 6.81. The minimum absolute atomic E-state index is 0.752. The van der Waals surface area contributed by atoms with Gasteiger partial charge in [0.05, 0.1) is 0 Å². The fraction of sp³-hybridized carbons (Fsp3) is 0.647. The quantitative estimate of drug-likeness (QED) is 0.768. The van der Waals surface area contributed by atoms with Crippen molar-refractivity contribution in [3.8, 4) is 5.75 Å². The van der Waals surface area contributed by atoms with Crippen LogP contribution in [0.2, 0.25) is 5.02 Å². The molecule has 0 N–H and O–H groups in total. The molecule has 0 radical (unpaired) electrons. The van der Waals surface area contributed by atoms with Crippen molar-refractivity contribution in [1.29, 1.82) is 0 Å². The number of likely N-dealkylation sites (tertiary alicyclic amines) is 1. The molecule has 0 saturated carbocycles. The molecule has 0 amide bonds. The normalized spacial score (nSPS) is 17.3. The number of hydrogen-bond acceptors (Lipinski definition) is 3. The predicted octanol–water partition coefficient (Wildman–Crippen LogP) is 3.38. The number of halogens is 1. The van der Waals surface area contributed by atoms with Crippen LogP contribution >= 0.6 is 11.6 Å². The molecule has 1 saturated heterocycles. The van der Waals surface area contributed by atoms with Crippen LogP contribution < -0.4 is 4.74 Å². The third kappa shape index (κ3) is 6.25. The highest BCUT2D eigenvalue weighted by molar-refractivity contribution is 6.30. The molecule has 21 heavy (non-hydrogen) atoms. The molecule has 0 atom stereocenters. The first-order valence-corrected chi connectivity index (χ1v) is 8.27. The van der Waals surface area contributed by atoms with Gasteiger partial charge in [0.25, 0.3) is 0 Å². The topological polar surface area (TPSA) is 15.7 Å². The Hall–Kier alpha value is -0.770. The van der Waals surface area contributed by atoms with Gasteiger partial charge in [-0.25, -0.2) is 0 Å². The Bertz CT molecular complexity index is 400.